The van der Waals surface area contributed by atoms with Gasteiger partial charge in [0.25, 0.3) is 0 Å². The van der Waals surface area contributed by atoms with Crippen LogP contribution in [0.1, 0.15) is 12.8 Å². The molecule has 1 unspecified atom stereocenters. The van der Waals surface area contributed by atoms with Crippen molar-refractivity contribution >= 4 is 5.91 Å². The van der Waals surface area contributed by atoms with Crippen LogP contribution in [0.3, 0.4) is 0 Å². The van der Waals surface area contributed by atoms with Crippen LogP contribution in [-0.4, -0.2) is 18.1 Å². The molecule has 18 heavy (non-hydrogen) atoms. The number of primary amides is 1. The molecule has 1 amide bonds. The zero-order valence-electron chi connectivity index (χ0n) is 9.66. The average molecular weight is 256 g/mol. The number of halogens is 2. The lowest BCUT2D eigenvalue weighted by molar-refractivity contribution is -0.125. The summed E-state index contributed by atoms with van der Waals surface area (Å²) in [5.74, 6) is -2.20. The van der Waals surface area contributed by atoms with Crippen molar-refractivity contribution in [3.05, 3.63) is 29.8 Å². The predicted octanol–water partition coefficient (Wildman–Crippen LogP) is 0.936. The summed E-state index contributed by atoms with van der Waals surface area (Å²) in [5, 5.41) is 0. The van der Waals surface area contributed by atoms with E-state index in [9.17, 15) is 13.6 Å². The van der Waals surface area contributed by atoms with Crippen molar-refractivity contribution in [2.24, 2.45) is 17.4 Å². The van der Waals surface area contributed by atoms with E-state index in [0.717, 1.165) is 31.0 Å². The Labute approximate surface area is 103 Å². The van der Waals surface area contributed by atoms with E-state index in [1.807, 2.05) is 0 Å². The van der Waals surface area contributed by atoms with E-state index < -0.39 is 23.1 Å². The molecule has 0 saturated heterocycles. The maximum absolute atomic E-state index is 12.9. The Morgan fingerprint density at radius 3 is 2.33 bits per heavy atom. The van der Waals surface area contributed by atoms with Crippen molar-refractivity contribution in [2.45, 2.75) is 18.4 Å². The number of hydrogen-bond acceptors (Lipinski definition) is 3. The summed E-state index contributed by atoms with van der Waals surface area (Å²) >= 11 is 0. The molecule has 1 saturated carbocycles. The molecule has 1 fully saturated rings. The van der Waals surface area contributed by atoms with Crippen LogP contribution in [-0.2, 0) is 4.79 Å². The number of benzene rings is 1. The number of carbonyl (C=O) groups is 1. The molecule has 1 aromatic carbocycles. The first-order valence-corrected chi connectivity index (χ1v) is 5.59. The van der Waals surface area contributed by atoms with Gasteiger partial charge in [-0.05, 0) is 18.8 Å². The van der Waals surface area contributed by atoms with Gasteiger partial charge in [0, 0.05) is 18.2 Å². The Morgan fingerprint density at radius 1 is 1.33 bits per heavy atom. The van der Waals surface area contributed by atoms with Crippen molar-refractivity contribution in [1.82, 2.24) is 0 Å². The Bertz CT molecular complexity index is 457. The smallest absolute Gasteiger partial charge is 0.241 e. The van der Waals surface area contributed by atoms with Crippen molar-refractivity contribution in [3.8, 4) is 5.75 Å². The zero-order chi connectivity index (χ0) is 13.3. The second kappa shape index (κ2) is 4.53. The van der Waals surface area contributed by atoms with Crippen molar-refractivity contribution in [2.75, 3.05) is 6.61 Å². The van der Waals surface area contributed by atoms with Gasteiger partial charge < -0.3 is 16.2 Å². The molecule has 0 bridgehead atoms. The van der Waals surface area contributed by atoms with Crippen LogP contribution >= 0.6 is 0 Å². The van der Waals surface area contributed by atoms with Crippen molar-refractivity contribution in [3.63, 3.8) is 0 Å². The number of amides is 1. The van der Waals surface area contributed by atoms with E-state index in [-0.39, 0.29) is 18.3 Å². The summed E-state index contributed by atoms with van der Waals surface area (Å²) in [6.07, 6.45) is 1.61. The second-order valence-electron chi connectivity index (χ2n) is 4.57. The highest BCUT2D eigenvalue weighted by Crippen LogP contribution is 2.38. The number of rotatable bonds is 5. The maximum atomic E-state index is 12.9. The minimum Gasteiger partial charge on any atom is -0.491 e. The molecule has 1 aliphatic carbocycles. The van der Waals surface area contributed by atoms with E-state index in [2.05, 4.69) is 0 Å². The van der Waals surface area contributed by atoms with E-state index in [1.165, 1.54) is 0 Å². The lowest BCUT2D eigenvalue weighted by Gasteiger charge is -2.25. The molecule has 0 heterocycles. The molecule has 4 N–H and O–H groups in total. The molecular weight excluding hydrogens is 242 g/mol. The number of carbonyl (C=O) groups excluding carboxylic acids is 1. The summed E-state index contributed by atoms with van der Waals surface area (Å²) in [7, 11) is 0. The first-order valence-electron chi connectivity index (χ1n) is 5.59. The van der Waals surface area contributed by atoms with E-state index in [4.69, 9.17) is 16.2 Å². The molecule has 0 radical (unpaired) electrons. The quantitative estimate of drug-likeness (QED) is 0.822. The van der Waals surface area contributed by atoms with E-state index in [0.29, 0.717) is 0 Å². The van der Waals surface area contributed by atoms with E-state index >= 15 is 0 Å². The molecule has 1 atom stereocenters. The Hall–Kier alpha value is -1.69. The van der Waals surface area contributed by atoms with Gasteiger partial charge in [-0.15, -0.1) is 0 Å². The van der Waals surface area contributed by atoms with Crippen LogP contribution in [0.5, 0.6) is 5.75 Å². The first-order chi connectivity index (χ1) is 8.41. The molecule has 1 aromatic rings. The largest absolute Gasteiger partial charge is 0.491 e. The number of hydrogen-bond donors (Lipinski definition) is 2. The molecule has 0 aromatic heterocycles. The summed E-state index contributed by atoms with van der Waals surface area (Å²) in [5.41, 5.74) is 9.85. The number of ether oxygens (including phenoxy) is 1. The lowest BCUT2D eigenvalue weighted by atomic mass is 9.95. The average Bonchev–Trinajstić information content (AvgIpc) is 3.08. The Balaban J connectivity index is 2.07. The molecule has 2 rings (SSSR count). The summed E-state index contributed by atoms with van der Waals surface area (Å²) < 4.78 is 31.1. The molecule has 0 aliphatic heterocycles. The van der Waals surface area contributed by atoms with Gasteiger partial charge in [0.15, 0.2) is 0 Å². The SMILES string of the molecule is NC(=O)C(N)(COc1cc(F)cc(F)c1)C1CC1. The number of nitrogens with two attached hydrogens (primary N) is 2. The van der Waals surface area contributed by atoms with Gasteiger partial charge in [0.1, 0.15) is 29.5 Å². The van der Waals surface area contributed by atoms with Gasteiger partial charge in [-0.2, -0.15) is 0 Å². The third kappa shape index (κ3) is 2.59. The van der Waals surface area contributed by atoms with Crippen LogP contribution in [0.2, 0.25) is 0 Å². The van der Waals surface area contributed by atoms with Gasteiger partial charge in [0.2, 0.25) is 5.91 Å². The topological polar surface area (TPSA) is 78.3 Å². The molecule has 98 valence electrons. The van der Waals surface area contributed by atoms with Crippen LogP contribution in [0.15, 0.2) is 18.2 Å². The van der Waals surface area contributed by atoms with Crippen LogP contribution in [0, 0.1) is 17.6 Å². The van der Waals surface area contributed by atoms with Gasteiger partial charge in [-0.3, -0.25) is 4.79 Å². The van der Waals surface area contributed by atoms with E-state index in [1.54, 1.807) is 0 Å². The highest BCUT2D eigenvalue weighted by molar-refractivity contribution is 5.85. The monoisotopic (exact) mass is 256 g/mol. The third-order valence-corrected chi connectivity index (χ3v) is 3.08. The minimum absolute atomic E-state index is 0.00998. The second-order valence-corrected chi connectivity index (χ2v) is 4.57. The lowest BCUT2D eigenvalue weighted by Crippen LogP contribution is -2.58. The fraction of sp³-hybridized carbons (Fsp3) is 0.417. The highest BCUT2D eigenvalue weighted by atomic mass is 19.1. The third-order valence-electron chi connectivity index (χ3n) is 3.08. The van der Waals surface area contributed by atoms with Crippen molar-refractivity contribution < 1.29 is 18.3 Å². The Morgan fingerprint density at radius 2 is 1.89 bits per heavy atom. The molecule has 4 nitrogen and oxygen atoms in total. The standard InChI is InChI=1S/C12H14F2N2O2/c13-8-3-9(14)5-10(4-8)18-6-12(16,11(15)17)7-1-2-7/h3-5,7H,1-2,6,16H2,(H2,15,17). The molecular formula is C12H14F2N2O2. The maximum Gasteiger partial charge on any atom is 0.241 e. The Kier molecular flexibility index (Phi) is 3.21. The van der Waals surface area contributed by atoms with Crippen LogP contribution < -0.4 is 16.2 Å². The van der Waals surface area contributed by atoms with Crippen molar-refractivity contribution in [1.29, 1.82) is 0 Å². The van der Waals surface area contributed by atoms with Crippen LogP contribution in [0.25, 0.3) is 0 Å². The fourth-order valence-corrected chi connectivity index (χ4v) is 1.80. The van der Waals surface area contributed by atoms with Gasteiger partial charge >= 0.3 is 0 Å². The highest BCUT2D eigenvalue weighted by Gasteiger charge is 2.47. The zero-order valence-corrected chi connectivity index (χ0v) is 9.66. The van der Waals surface area contributed by atoms with Gasteiger partial charge in [-0.1, -0.05) is 0 Å². The molecule has 6 heteroatoms. The van der Waals surface area contributed by atoms with Gasteiger partial charge in [-0.25, -0.2) is 8.78 Å². The minimum atomic E-state index is -1.28. The fourth-order valence-electron chi connectivity index (χ4n) is 1.80. The summed E-state index contributed by atoms with van der Waals surface area (Å²) in [6.45, 7) is -0.185. The van der Waals surface area contributed by atoms with Gasteiger partial charge in [0.05, 0.1) is 0 Å². The summed E-state index contributed by atoms with van der Waals surface area (Å²) in [6, 6.07) is 2.78. The van der Waals surface area contributed by atoms with Crippen LogP contribution in [0.4, 0.5) is 8.78 Å². The predicted molar refractivity (Wildman–Crippen MR) is 60.7 cm³/mol. The molecule has 1 aliphatic rings. The first kappa shape index (κ1) is 12.8. The molecule has 0 spiro atoms. The summed E-state index contributed by atoms with van der Waals surface area (Å²) in [4.78, 5) is 11.3. The normalized spacial score (nSPS) is 18.2.